The number of thioether (sulfide) groups is 1. The second kappa shape index (κ2) is 5.98. The van der Waals surface area contributed by atoms with Crippen LogP contribution in [-0.2, 0) is 0 Å². The first-order valence-electron chi connectivity index (χ1n) is 6.88. The molecule has 0 amide bonds. The molecule has 3 nitrogen and oxygen atoms in total. The Morgan fingerprint density at radius 1 is 1.41 bits per heavy atom. The van der Waals surface area contributed by atoms with Crippen molar-refractivity contribution in [2.45, 2.75) is 44.3 Å². The molecule has 2 N–H and O–H groups in total. The Labute approximate surface area is 109 Å². The van der Waals surface area contributed by atoms with Gasteiger partial charge in [0.25, 0.3) is 0 Å². The molecule has 2 fully saturated rings. The minimum absolute atomic E-state index is 0.377. The van der Waals surface area contributed by atoms with E-state index in [1.165, 1.54) is 31.4 Å². The lowest BCUT2D eigenvalue weighted by Crippen LogP contribution is -2.39. The Kier molecular flexibility index (Phi) is 4.60. The summed E-state index contributed by atoms with van der Waals surface area (Å²) in [6.07, 6.45) is 5.44. The summed E-state index contributed by atoms with van der Waals surface area (Å²) >= 11 is 2.08. The molecule has 0 radical (unpaired) electrons. The molecule has 0 bridgehead atoms. The first-order valence-corrected chi connectivity index (χ1v) is 7.86. The first-order chi connectivity index (χ1) is 8.22. The van der Waals surface area contributed by atoms with Crippen molar-refractivity contribution in [1.82, 2.24) is 10.6 Å². The number of hydrogen-bond acceptors (Lipinski definition) is 2. The molecule has 17 heavy (non-hydrogen) atoms. The Balaban J connectivity index is 1.79. The largest absolute Gasteiger partial charge is 0.357 e. The van der Waals surface area contributed by atoms with Crippen LogP contribution in [-0.4, -0.2) is 36.1 Å². The Morgan fingerprint density at radius 3 is 2.82 bits per heavy atom. The Hall–Kier alpha value is -0.380. The molecule has 0 aromatic rings. The van der Waals surface area contributed by atoms with Crippen molar-refractivity contribution < 1.29 is 0 Å². The summed E-state index contributed by atoms with van der Waals surface area (Å²) in [7, 11) is 0. The van der Waals surface area contributed by atoms with Crippen molar-refractivity contribution in [3.05, 3.63) is 0 Å². The van der Waals surface area contributed by atoms with Gasteiger partial charge in [-0.25, -0.2) is 0 Å². The van der Waals surface area contributed by atoms with E-state index in [1.807, 2.05) is 0 Å². The van der Waals surface area contributed by atoms with Crippen LogP contribution in [0.1, 0.15) is 39.5 Å². The van der Waals surface area contributed by atoms with Crippen LogP contribution in [0.4, 0.5) is 0 Å². The van der Waals surface area contributed by atoms with Crippen LogP contribution in [0.2, 0.25) is 0 Å². The van der Waals surface area contributed by atoms with Gasteiger partial charge < -0.3 is 10.6 Å². The van der Waals surface area contributed by atoms with Crippen LogP contribution < -0.4 is 10.6 Å². The zero-order valence-corrected chi connectivity index (χ0v) is 11.9. The highest BCUT2D eigenvalue weighted by Crippen LogP contribution is 2.37. The lowest BCUT2D eigenvalue weighted by Gasteiger charge is -2.21. The average molecular weight is 255 g/mol. The predicted molar refractivity (Wildman–Crippen MR) is 76.8 cm³/mol. The summed E-state index contributed by atoms with van der Waals surface area (Å²) in [5.74, 6) is 3.21. The highest BCUT2D eigenvalue weighted by Gasteiger charge is 2.29. The molecule has 1 atom stereocenters. The van der Waals surface area contributed by atoms with Gasteiger partial charge in [-0.3, -0.25) is 4.99 Å². The molecule has 4 heteroatoms. The normalized spacial score (nSPS) is 29.4. The fraction of sp³-hybridized carbons (Fsp3) is 0.923. The standard InChI is InChI=1S/C13H25N3S/c1-3-14-12(15-9-11-5-6-11)16-10-13(2)7-4-8-17-13/h11H,3-10H2,1-2H3,(H2,14,15,16). The Morgan fingerprint density at radius 2 is 2.24 bits per heavy atom. The number of rotatable bonds is 5. The highest BCUT2D eigenvalue weighted by molar-refractivity contribution is 8.00. The molecule has 1 saturated heterocycles. The lowest BCUT2D eigenvalue weighted by molar-refractivity contribution is 0.613. The van der Waals surface area contributed by atoms with Crippen molar-refractivity contribution in [1.29, 1.82) is 0 Å². The van der Waals surface area contributed by atoms with Crippen LogP contribution >= 0.6 is 11.8 Å². The van der Waals surface area contributed by atoms with Crippen molar-refractivity contribution in [3.63, 3.8) is 0 Å². The second-order valence-electron chi connectivity index (χ2n) is 5.42. The van der Waals surface area contributed by atoms with E-state index in [2.05, 4.69) is 36.2 Å². The lowest BCUT2D eigenvalue weighted by atomic mass is 10.1. The van der Waals surface area contributed by atoms with Gasteiger partial charge in [-0.15, -0.1) is 0 Å². The molecule has 0 spiro atoms. The number of nitrogens with one attached hydrogen (secondary N) is 2. The number of aliphatic imine (C=N–C) groups is 1. The van der Waals surface area contributed by atoms with Crippen molar-refractivity contribution in [3.8, 4) is 0 Å². The molecule has 1 aliphatic heterocycles. The topological polar surface area (TPSA) is 36.4 Å². The molecular formula is C13H25N3S. The third-order valence-electron chi connectivity index (χ3n) is 3.47. The maximum absolute atomic E-state index is 4.74. The van der Waals surface area contributed by atoms with E-state index in [0.717, 1.165) is 31.5 Å². The van der Waals surface area contributed by atoms with Gasteiger partial charge in [0.05, 0.1) is 6.54 Å². The van der Waals surface area contributed by atoms with E-state index in [1.54, 1.807) is 0 Å². The van der Waals surface area contributed by atoms with Crippen LogP contribution in [0.3, 0.4) is 0 Å². The van der Waals surface area contributed by atoms with Gasteiger partial charge in [-0.1, -0.05) is 0 Å². The van der Waals surface area contributed by atoms with Crippen molar-refractivity contribution in [2.24, 2.45) is 10.9 Å². The summed E-state index contributed by atoms with van der Waals surface area (Å²) in [5.41, 5.74) is 0. The monoisotopic (exact) mass is 255 g/mol. The van der Waals surface area contributed by atoms with Crippen LogP contribution in [0.25, 0.3) is 0 Å². The van der Waals surface area contributed by atoms with Crippen LogP contribution in [0, 0.1) is 5.92 Å². The predicted octanol–water partition coefficient (Wildman–Crippen LogP) is 2.24. The minimum Gasteiger partial charge on any atom is -0.357 e. The van der Waals surface area contributed by atoms with E-state index >= 15 is 0 Å². The highest BCUT2D eigenvalue weighted by atomic mass is 32.2. The SMILES string of the molecule is CCNC(=NCC1(C)CCCS1)NCC1CC1. The Bertz CT molecular complexity index is 268. The number of guanidine groups is 1. The summed E-state index contributed by atoms with van der Waals surface area (Å²) < 4.78 is 0.377. The second-order valence-corrected chi connectivity index (χ2v) is 7.10. The van der Waals surface area contributed by atoms with Crippen molar-refractivity contribution >= 4 is 17.7 Å². The zero-order valence-electron chi connectivity index (χ0n) is 11.1. The summed E-state index contributed by atoms with van der Waals surface area (Å²) in [5, 5.41) is 6.79. The van der Waals surface area contributed by atoms with Gasteiger partial charge in [0, 0.05) is 17.8 Å². The fourth-order valence-electron chi connectivity index (χ4n) is 2.11. The van der Waals surface area contributed by atoms with E-state index in [-0.39, 0.29) is 0 Å². The molecule has 0 aromatic carbocycles. The fourth-order valence-corrected chi connectivity index (χ4v) is 3.34. The molecule has 1 saturated carbocycles. The molecule has 98 valence electrons. The van der Waals surface area contributed by atoms with E-state index < -0.39 is 0 Å². The third-order valence-corrected chi connectivity index (χ3v) is 4.99. The maximum atomic E-state index is 4.74. The van der Waals surface area contributed by atoms with Gasteiger partial charge >= 0.3 is 0 Å². The van der Waals surface area contributed by atoms with E-state index in [9.17, 15) is 0 Å². The quantitative estimate of drug-likeness (QED) is 0.584. The smallest absolute Gasteiger partial charge is 0.191 e. The van der Waals surface area contributed by atoms with Crippen molar-refractivity contribution in [2.75, 3.05) is 25.4 Å². The van der Waals surface area contributed by atoms with Gasteiger partial charge in [-0.2, -0.15) is 11.8 Å². The molecule has 1 aliphatic carbocycles. The third kappa shape index (κ3) is 4.41. The van der Waals surface area contributed by atoms with Gasteiger partial charge in [0.2, 0.25) is 0 Å². The van der Waals surface area contributed by atoms with Crippen LogP contribution in [0.15, 0.2) is 4.99 Å². The van der Waals surface area contributed by atoms with E-state index in [0.29, 0.717) is 4.75 Å². The molecule has 1 unspecified atom stereocenters. The summed E-state index contributed by atoms with van der Waals surface area (Å²) in [6.45, 7) is 7.45. The molecule has 2 aliphatic rings. The van der Waals surface area contributed by atoms with Crippen LogP contribution in [0.5, 0.6) is 0 Å². The minimum atomic E-state index is 0.377. The molecular weight excluding hydrogens is 230 g/mol. The zero-order chi connectivity index (χ0) is 12.1. The van der Waals surface area contributed by atoms with Gasteiger partial charge in [0.1, 0.15) is 0 Å². The average Bonchev–Trinajstić information content (AvgIpc) is 3.05. The summed E-state index contributed by atoms with van der Waals surface area (Å²) in [4.78, 5) is 4.74. The number of hydrogen-bond donors (Lipinski definition) is 2. The first kappa shape index (κ1) is 13.1. The number of nitrogens with zero attached hydrogens (tertiary/aromatic N) is 1. The summed E-state index contributed by atoms with van der Waals surface area (Å²) in [6, 6.07) is 0. The molecule has 2 rings (SSSR count). The van der Waals surface area contributed by atoms with E-state index in [4.69, 9.17) is 4.99 Å². The van der Waals surface area contributed by atoms with Gasteiger partial charge in [0.15, 0.2) is 5.96 Å². The maximum Gasteiger partial charge on any atom is 0.191 e. The molecule has 0 aromatic heterocycles. The molecule has 1 heterocycles. The van der Waals surface area contributed by atoms with Gasteiger partial charge in [-0.05, 0) is 51.2 Å².